The number of fused-ring (bicyclic) bond motifs is 6. The summed E-state index contributed by atoms with van der Waals surface area (Å²) in [4.78, 5) is 2.40. The molecule has 0 saturated carbocycles. The summed E-state index contributed by atoms with van der Waals surface area (Å²) < 4.78 is 2.49. The fourth-order valence-corrected chi connectivity index (χ4v) is 8.86. The maximum absolute atomic E-state index is 2.49. The molecule has 1 heterocycles. The van der Waals surface area contributed by atoms with Crippen molar-refractivity contribution in [2.24, 2.45) is 0 Å². The number of hydrogen-bond donors (Lipinski definition) is 0. The van der Waals surface area contributed by atoms with Gasteiger partial charge in [-0.3, -0.25) is 0 Å². The van der Waals surface area contributed by atoms with Gasteiger partial charge in [0.15, 0.2) is 0 Å². The van der Waals surface area contributed by atoms with E-state index in [1.165, 1.54) is 71.2 Å². The molecule has 0 unspecified atom stereocenters. The molecule has 0 saturated heterocycles. The highest BCUT2D eigenvalue weighted by atomic mass is 15.1. The van der Waals surface area contributed by atoms with Gasteiger partial charge in [0, 0.05) is 38.9 Å². The lowest BCUT2D eigenvalue weighted by Gasteiger charge is -2.26. The van der Waals surface area contributed by atoms with Crippen molar-refractivity contribution in [1.29, 1.82) is 0 Å². The lowest BCUT2D eigenvalue weighted by Crippen LogP contribution is -2.10. The first-order valence-electron chi connectivity index (χ1n) is 19.9. The quantitative estimate of drug-likeness (QED) is 0.158. The van der Waals surface area contributed by atoms with Crippen LogP contribution in [0.3, 0.4) is 0 Å². The molecular formula is C56H38N2. The molecular weight excluding hydrogens is 701 g/mol. The Labute approximate surface area is 338 Å². The maximum atomic E-state index is 2.49. The van der Waals surface area contributed by atoms with Crippen LogP contribution < -0.4 is 4.90 Å². The predicted octanol–water partition coefficient (Wildman–Crippen LogP) is 15.6. The van der Waals surface area contributed by atoms with E-state index in [1.54, 1.807) is 0 Å². The topological polar surface area (TPSA) is 8.17 Å². The van der Waals surface area contributed by atoms with Crippen molar-refractivity contribution in [3.05, 3.63) is 231 Å². The van der Waals surface area contributed by atoms with E-state index in [0.717, 1.165) is 28.3 Å². The summed E-state index contributed by atoms with van der Waals surface area (Å²) in [6.07, 6.45) is 0. The second-order valence-electron chi connectivity index (χ2n) is 14.9. The minimum Gasteiger partial charge on any atom is -0.310 e. The van der Waals surface area contributed by atoms with Crippen molar-refractivity contribution in [2.75, 3.05) is 4.90 Å². The molecule has 0 aliphatic heterocycles. The van der Waals surface area contributed by atoms with Gasteiger partial charge in [-0.15, -0.1) is 0 Å². The molecule has 2 heteroatoms. The molecule has 272 valence electrons. The van der Waals surface area contributed by atoms with Crippen molar-refractivity contribution < 1.29 is 0 Å². The molecule has 0 amide bonds. The van der Waals surface area contributed by atoms with Gasteiger partial charge in [-0.25, -0.2) is 0 Å². The van der Waals surface area contributed by atoms with Crippen LogP contribution >= 0.6 is 0 Å². The van der Waals surface area contributed by atoms with Crippen LogP contribution in [0.4, 0.5) is 17.1 Å². The van der Waals surface area contributed by atoms with E-state index < -0.39 is 0 Å². The molecule has 58 heavy (non-hydrogen) atoms. The number of hydrogen-bond acceptors (Lipinski definition) is 1. The first-order valence-corrected chi connectivity index (χ1v) is 19.9. The zero-order valence-corrected chi connectivity index (χ0v) is 31.8. The molecule has 0 aliphatic rings. The van der Waals surface area contributed by atoms with E-state index in [9.17, 15) is 0 Å². The minimum absolute atomic E-state index is 1.08. The van der Waals surface area contributed by atoms with Crippen LogP contribution in [0.1, 0.15) is 0 Å². The van der Waals surface area contributed by atoms with E-state index >= 15 is 0 Å². The zero-order chi connectivity index (χ0) is 38.4. The zero-order valence-electron chi connectivity index (χ0n) is 31.8. The van der Waals surface area contributed by atoms with Crippen molar-refractivity contribution in [3.63, 3.8) is 0 Å². The lowest BCUT2D eigenvalue weighted by atomic mass is 9.92. The molecule has 11 rings (SSSR count). The van der Waals surface area contributed by atoms with Crippen molar-refractivity contribution >= 4 is 60.4 Å². The number of para-hydroxylation sites is 1. The van der Waals surface area contributed by atoms with Crippen LogP contribution in [0.15, 0.2) is 231 Å². The van der Waals surface area contributed by atoms with Crippen molar-refractivity contribution in [1.82, 2.24) is 4.57 Å². The summed E-state index contributed by atoms with van der Waals surface area (Å²) in [5.74, 6) is 0. The molecule has 0 fully saturated rings. The predicted molar refractivity (Wildman–Crippen MR) is 247 cm³/mol. The van der Waals surface area contributed by atoms with Gasteiger partial charge in [0.25, 0.3) is 0 Å². The molecule has 0 atom stereocenters. The van der Waals surface area contributed by atoms with E-state index in [4.69, 9.17) is 0 Å². The van der Waals surface area contributed by atoms with E-state index in [1.807, 2.05) is 0 Å². The van der Waals surface area contributed by atoms with Gasteiger partial charge in [0.05, 0.1) is 11.0 Å². The largest absolute Gasteiger partial charge is 0.310 e. The summed E-state index contributed by atoms with van der Waals surface area (Å²) in [5.41, 5.74) is 14.0. The highest BCUT2D eigenvalue weighted by Gasteiger charge is 2.22. The van der Waals surface area contributed by atoms with Crippen molar-refractivity contribution in [3.8, 4) is 39.1 Å². The number of nitrogens with zero attached hydrogens (tertiary/aromatic N) is 2. The van der Waals surface area contributed by atoms with Gasteiger partial charge in [-0.2, -0.15) is 0 Å². The molecule has 2 nitrogen and oxygen atoms in total. The number of benzene rings is 10. The second kappa shape index (κ2) is 14.1. The summed E-state index contributed by atoms with van der Waals surface area (Å²) in [7, 11) is 0. The Balaban J connectivity index is 1.20. The van der Waals surface area contributed by atoms with Crippen molar-refractivity contribution in [2.45, 2.75) is 0 Å². The Morgan fingerprint density at radius 3 is 1.62 bits per heavy atom. The molecule has 1 aromatic heterocycles. The molecule has 10 aromatic carbocycles. The highest BCUT2D eigenvalue weighted by Crippen LogP contribution is 2.46. The lowest BCUT2D eigenvalue weighted by molar-refractivity contribution is 1.18. The van der Waals surface area contributed by atoms with Gasteiger partial charge < -0.3 is 9.47 Å². The molecule has 0 aliphatic carbocycles. The van der Waals surface area contributed by atoms with E-state index in [0.29, 0.717) is 0 Å². The average Bonchev–Trinajstić information content (AvgIpc) is 3.65. The third-order valence-electron chi connectivity index (χ3n) is 11.5. The Morgan fingerprint density at radius 2 is 0.862 bits per heavy atom. The first kappa shape index (κ1) is 33.6. The third kappa shape index (κ3) is 5.74. The fourth-order valence-electron chi connectivity index (χ4n) is 8.86. The molecule has 11 aromatic rings. The number of aromatic nitrogens is 1. The first-order chi connectivity index (χ1) is 28.8. The Hall–Kier alpha value is -7.68. The Bertz CT molecular complexity index is 3250. The maximum Gasteiger partial charge on any atom is 0.0625 e. The van der Waals surface area contributed by atoms with Gasteiger partial charge in [0.2, 0.25) is 0 Å². The minimum atomic E-state index is 1.08. The normalized spacial score (nSPS) is 11.4. The van der Waals surface area contributed by atoms with E-state index in [-0.39, 0.29) is 0 Å². The molecule has 0 spiro atoms. The standard InChI is InChI=1S/C56H38N2/c1-4-16-39(17-5-1)41-30-32-46(33-31-41)57(47-26-14-23-43(36-47)40-18-6-2-7-19-40)48-34-35-52-54(38-48)58(45-24-8-3-9-25-45)56-50-28-13-11-21-44(50)37-53(55(52)56)51-29-15-22-42-20-10-12-27-49(42)51/h1-38H. The van der Waals surface area contributed by atoms with Gasteiger partial charge in [0.1, 0.15) is 0 Å². The molecule has 0 bridgehead atoms. The van der Waals surface area contributed by atoms with Gasteiger partial charge in [-0.1, -0.05) is 176 Å². The smallest absolute Gasteiger partial charge is 0.0625 e. The average molecular weight is 739 g/mol. The van der Waals surface area contributed by atoms with Crippen LogP contribution in [0.2, 0.25) is 0 Å². The third-order valence-corrected chi connectivity index (χ3v) is 11.5. The summed E-state index contributed by atoms with van der Waals surface area (Å²) in [5, 5.41) is 7.41. The highest BCUT2D eigenvalue weighted by molar-refractivity contribution is 6.25. The van der Waals surface area contributed by atoms with Crippen LogP contribution in [-0.2, 0) is 0 Å². The summed E-state index contributed by atoms with van der Waals surface area (Å²) in [6.45, 7) is 0. The van der Waals surface area contributed by atoms with Crippen LogP contribution in [0.5, 0.6) is 0 Å². The van der Waals surface area contributed by atoms with E-state index in [2.05, 4.69) is 240 Å². The van der Waals surface area contributed by atoms with Gasteiger partial charge >= 0.3 is 0 Å². The SMILES string of the molecule is c1ccc(-c2ccc(N(c3cccc(-c4ccccc4)c3)c3ccc4c5c(-c6cccc7ccccc67)cc6ccccc6c5n(-c5ccccc5)c4c3)cc2)cc1. The van der Waals surface area contributed by atoms with Gasteiger partial charge in [-0.05, 0) is 104 Å². The van der Waals surface area contributed by atoms with Crippen LogP contribution in [0, 0.1) is 0 Å². The monoisotopic (exact) mass is 738 g/mol. The Kier molecular flexibility index (Phi) is 8.19. The molecule has 0 radical (unpaired) electrons. The number of anilines is 3. The second-order valence-corrected chi connectivity index (χ2v) is 14.9. The summed E-state index contributed by atoms with van der Waals surface area (Å²) in [6, 6.07) is 83.7. The summed E-state index contributed by atoms with van der Waals surface area (Å²) >= 11 is 0. The van der Waals surface area contributed by atoms with Crippen LogP contribution in [-0.4, -0.2) is 4.57 Å². The number of rotatable bonds is 7. The fraction of sp³-hybridized carbons (Fsp3) is 0. The molecule has 0 N–H and O–H groups in total. The Morgan fingerprint density at radius 1 is 0.310 bits per heavy atom. The van der Waals surface area contributed by atoms with Crippen LogP contribution in [0.25, 0.3) is 82.4 Å².